The molecule has 2 amide bonds. The molecule has 0 saturated carbocycles. The fourth-order valence-electron chi connectivity index (χ4n) is 2.29. The van der Waals surface area contributed by atoms with Crippen LogP contribution in [-0.4, -0.2) is 69.7 Å². The molecule has 18 heavy (non-hydrogen) atoms. The Kier molecular flexibility index (Phi) is 3.45. The number of urea groups is 1. The number of hydrogen-bond acceptors (Lipinski definition) is 5. The van der Waals surface area contributed by atoms with Crippen molar-refractivity contribution < 1.29 is 29.2 Å². The number of nitrogens with zero attached hydrogens (tertiary/aromatic N) is 1. The minimum atomic E-state index is -2.17. The molecule has 4 N–H and O–H groups in total. The first kappa shape index (κ1) is 13.5. The highest BCUT2D eigenvalue weighted by Crippen LogP contribution is 2.36. The van der Waals surface area contributed by atoms with Crippen molar-refractivity contribution in [2.45, 2.75) is 43.7 Å². The van der Waals surface area contributed by atoms with Crippen LogP contribution in [0.3, 0.4) is 0 Å². The Morgan fingerprint density at radius 3 is 2.78 bits per heavy atom. The Labute approximate surface area is 103 Å². The number of carbonyl (C=O) groups excluding carboxylic acids is 1. The Morgan fingerprint density at radius 2 is 2.28 bits per heavy atom. The summed E-state index contributed by atoms with van der Waals surface area (Å²) in [6.07, 6.45) is -4.57. The van der Waals surface area contributed by atoms with E-state index in [1.807, 2.05) is 0 Å². The van der Waals surface area contributed by atoms with Gasteiger partial charge >= 0.3 is 6.03 Å². The van der Waals surface area contributed by atoms with Crippen molar-refractivity contribution in [3.8, 4) is 0 Å². The third kappa shape index (κ3) is 2.05. The predicted molar refractivity (Wildman–Crippen MR) is 57.1 cm³/mol. The molecule has 0 aromatic rings. The van der Waals surface area contributed by atoms with Crippen molar-refractivity contribution in [1.82, 2.24) is 10.2 Å². The molecule has 104 valence electrons. The van der Waals surface area contributed by atoms with E-state index in [4.69, 9.17) is 9.84 Å². The molecule has 2 aliphatic rings. The van der Waals surface area contributed by atoms with E-state index in [0.717, 1.165) is 11.8 Å². The lowest BCUT2D eigenvalue weighted by atomic mass is 9.97. The zero-order chi connectivity index (χ0) is 13.5. The molecule has 0 radical (unpaired) electrons. The van der Waals surface area contributed by atoms with Crippen LogP contribution in [0.1, 0.15) is 13.3 Å². The zero-order valence-electron chi connectivity index (χ0n) is 9.91. The second kappa shape index (κ2) is 4.61. The number of amides is 2. The second-order valence-electron chi connectivity index (χ2n) is 4.75. The number of ether oxygens (including phenoxy) is 1. The highest BCUT2D eigenvalue weighted by atomic mass is 19.1. The quantitative estimate of drug-likeness (QED) is 0.487. The molecule has 2 rings (SSSR count). The molecule has 2 fully saturated rings. The highest BCUT2D eigenvalue weighted by Gasteiger charge is 2.57. The molecule has 0 aromatic carbocycles. The Bertz CT molecular complexity index is 340. The van der Waals surface area contributed by atoms with E-state index in [1.54, 1.807) is 0 Å². The van der Waals surface area contributed by atoms with Gasteiger partial charge in [-0.25, -0.2) is 9.18 Å². The summed E-state index contributed by atoms with van der Waals surface area (Å²) in [7, 11) is 0. The van der Waals surface area contributed by atoms with Crippen molar-refractivity contribution in [3.05, 3.63) is 0 Å². The SMILES string of the molecule is C[C@@]1(F)C(N2CC[C@@H](O)NC2=O)O[C@H](CO)[C@H]1O. The van der Waals surface area contributed by atoms with Gasteiger partial charge in [0.25, 0.3) is 0 Å². The predicted octanol–water partition coefficient (Wildman–Crippen LogP) is -1.47. The third-order valence-electron chi connectivity index (χ3n) is 3.37. The summed E-state index contributed by atoms with van der Waals surface area (Å²) in [5, 5.41) is 30.2. The lowest BCUT2D eigenvalue weighted by molar-refractivity contribution is -0.0972. The smallest absolute Gasteiger partial charge is 0.321 e. The molecule has 2 heterocycles. The number of rotatable bonds is 2. The van der Waals surface area contributed by atoms with Gasteiger partial charge in [-0.3, -0.25) is 4.90 Å². The molecule has 7 nitrogen and oxygen atoms in total. The van der Waals surface area contributed by atoms with Crippen LogP contribution in [0.5, 0.6) is 0 Å². The fraction of sp³-hybridized carbons (Fsp3) is 0.900. The lowest BCUT2D eigenvalue weighted by Crippen LogP contribution is -2.60. The summed E-state index contributed by atoms with van der Waals surface area (Å²) >= 11 is 0. The van der Waals surface area contributed by atoms with E-state index in [1.165, 1.54) is 0 Å². The fourth-order valence-corrected chi connectivity index (χ4v) is 2.29. The van der Waals surface area contributed by atoms with Crippen LogP contribution in [0, 0.1) is 0 Å². The van der Waals surface area contributed by atoms with Gasteiger partial charge in [-0.05, 0) is 6.92 Å². The minimum absolute atomic E-state index is 0.113. The summed E-state index contributed by atoms with van der Waals surface area (Å²) in [5.41, 5.74) is -2.17. The van der Waals surface area contributed by atoms with E-state index in [0.29, 0.717) is 0 Å². The summed E-state index contributed by atoms with van der Waals surface area (Å²) in [4.78, 5) is 12.7. The monoisotopic (exact) mass is 264 g/mol. The second-order valence-corrected chi connectivity index (χ2v) is 4.75. The summed E-state index contributed by atoms with van der Waals surface area (Å²) in [6.45, 7) is 0.702. The van der Waals surface area contributed by atoms with Crippen LogP contribution in [-0.2, 0) is 4.74 Å². The largest absolute Gasteiger partial charge is 0.394 e. The molecule has 0 bridgehead atoms. The Morgan fingerprint density at radius 1 is 1.61 bits per heavy atom. The first-order chi connectivity index (χ1) is 8.37. The van der Waals surface area contributed by atoms with Gasteiger partial charge in [0.15, 0.2) is 11.9 Å². The van der Waals surface area contributed by atoms with Gasteiger partial charge in [0, 0.05) is 13.0 Å². The number of aliphatic hydroxyl groups excluding tert-OH is 3. The van der Waals surface area contributed by atoms with E-state index < -0.39 is 43.0 Å². The maximum Gasteiger partial charge on any atom is 0.321 e. The van der Waals surface area contributed by atoms with E-state index in [2.05, 4.69) is 5.32 Å². The van der Waals surface area contributed by atoms with Gasteiger partial charge in [-0.15, -0.1) is 0 Å². The topological polar surface area (TPSA) is 102 Å². The number of carbonyl (C=O) groups is 1. The van der Waals surface area contributed by atoms with Crippen molar-refractivity contribution >= 4 is 6.03 Å². The normalized spacial score (nSPS) is 45.2. The number of nitrogens with one attached hydrogen (secondary N) is 1. The van der Waals surface area contributed by atoms with Crippen molar-refractivity contribution in [1.29, 1.82) is 0 Å². The first-order valence-corrected chi connectivity index (χ1v) is 5.76. The van der Waals surface area contributed by atoms with Gasteiger partial charge in [0.05, 0.1) is 6.61 Å². The number of halogens is 1. The van der Waals surface area contributed by atoms with Crippen molar-refractivity contribution in [2.75, 3.05) is 13.2 Å². The molecule has 0 aromatic heterocycles. The standard InChI is InChI=1S/C10H17FN2O5/c1-10(11)7(16)5(4-14)18-8(10)13-3-2-6(15)12-9(13)17/h5-8,14-16H,2-4H2,1H3,(H,12,17)/t5-,6-,7-,8?,10+/m1/s1. The summed E-state index contributed by atoms with van der Waals surface area (Å²) in [5.74, 6) is 0. The maximum absolute atomic E-state index is 14.4. The van der Waals surface area contributed by atoms with Crippen molar-refractivity contribution in [3.63, 3.8) is 0 Å². The minimum Gasteiger partial charge on any atom is -0.394 e. The Hall–Kier alpha value is -0.960. The first-order valence-electron chi connectivity index (χ1n) is 5.76. The van der Waals surface area contributed by atoms with Gasteiger partial charge in [0.2, 0.25) is 0 Å². The number of hydrogen-bond donors (Lipinski definition) is 4. The number of alkyl halides is 1. The van der Waals surface area contributed by atoms with Crippen LogP contribution in [0.15, 0.2) is 0 Å². The van der Waals surface area contributed by atoms with Gasteiger partial charge in [-0.1, -0.05) is 0 Å². The van der Waals surface area contributed by atoms with Gasteiger partial charge in [0.1, 0.15) is 18.4 Å². The van der Waals surface area contributed by atoms with E-state index >= 15 is 0 Å². The van der Waals surface area contributed by atoms with Gasteiger partial charge < -0.3 is 25.4 Å². The van der Waals surface area contributed by atoms with E-state index in [-0.39, 0.29) is 13.0 Å². The summed E-state index contributed by atoms with van der Waals surface area (Å²) in [6, 6.07) is -0.659. The highest BCUT2D eigenvalue weighted by molar-refractivity contribution is 5.75. The molecule has 8 heteroatoms. The average molecular weight is 264 g/mol. The molecule has 2 saturated heterocycles. The summed E-state index contributed by atoms with van der Waals surface area (Å²) < 4.78 is 19.6. The zero-order valence-corrected chi connectivity index (χ0v) is 9.91. The number of aliphatic hydroxyl groups is 3. The molecule has 1 unspecified atom stereocenters. The van der Waals surface area contributed by atoms with Crippen LogP contribution >= 0.6 is 0 Å². The maximum atomic E-state index is 14.4. The van der Waals surface area contributed by atoms with Crippen LogP contribution in [0.4, 0.5) is 9.18 Å². The van der Waals surface area contributed by atoms with Gasteiger partial charge in [-0.2, -0.15) is 0 Å². The average Bonchev–Trinajstić information content (AvgIpc) is 2.52. The van der Waals surface area contributed by atoms with Crippen LogP contribution in [0.25, 0.3) is 0 Å². The van der Waals surface area contributed by atoms with Crippen molar-refractivity contribution in [2.24, 2.45) is 0 Å². The van der Waals surface area contributed by atoms with Crippen LogP contribution < -0.4 is 5.32 Å². The van der Waals surface area contributed by atoms with E-state index in [9.17, 15) is 19.4 Å². The molecular formula is C10H17FN2O5. The molecular weight excluding hydrogens is 247 g/mol. The Balaban J connectivity index is 2.15. The molecule has 0 spiro atoms. The third-order valence-corrected chi connectivity index (χ3v) is 3.37. The van der Waals surface area contributed by atoms with Crippen LogP contribution in [0.2, 0.25) is 0 Å². The molecule has 2 aliphatic heterocycles. The molecule has 0 aliphatic carbocycles. The molecule has 5 atom stereocenters. The lowest BCUT2D eigenvalue weighted by Gasteiger charge is -2.38.